The van der Waals surface area contributed by atoms with Crippen LogP contribution in [0.15, 0.2) is 60.7 Å². The van der Waals surface area contributed by atoms with Gasteiger partial charge in [-0.05, 0) is 11.1 Å². The topological polar surface area (TPSA) is 106 Å². The molecule has 8 nitrogen and oxygen atoms in total. The molecule has 12 heteroatoms. The van der Waals surface area contributed by atoms with Gasteiger partial charge < -0.3 is 24.7 Å². The van der Waals surface area contributed by atoms with Crippen molar-refractivity contribution in [2.24, 2.45) is 5.73 Å². The van der Waals surface area contributed by atoms with Gasteiger partial charge in [-0.25, -0.2) is 0 Å². The van der Waals surface area contributed by atoms with E-state index in [0.717, 1.165) is 12.7 Å². The van der Waals surface area contributed by atoms with Gasteiger partial charge in [0.2, 0.25) is 0 Å². The van der Waals surface area contributed by atoms with Crippen LogP contribution in [0.2, 0.25) is 0 Å². The molecule has 188 valence electrons. The number of benzene rings is 2. The van der Waals surface area contributed by atoms with Gasteiger partial charge in [0, 0.05) is 13.7 Å². The molecule has 3 rings (SSSR count). The first-order valence-electron chi connectivity index (χ1n) is 10.3. The monoisotopic (exact) mass is 505 g/mol. The summed E-state index contributed by atoms with van der Waals surface area (Å²) in [6.45, 7) is -0.000427. The number of hydrogen-bond donors (Lipinski definition) is 1. The van der Waals surface area contributed by atoms with Crippen LogP contribution in [0.5, 0.6) is 0 Å². The van der Waals surface area contributed by atoms with Crippen molar-refractivity contribution in [2.45, 2.75) is 49.4 Å². The van der Waals surface area contributed by atoms with E-state index in [1.807, 2.05) is 30.3 Å². The maximum absolute atomic E-state index is 13.0. The normalized spacial score (nSPS) is 24.3. The van der Waals surface area contributed by atoms with E-state index in [4.69, 9.17) is 24.7 Å². The average Bonchev–Trinajstić information content (AvgIpc) is 3.15. The summed E-state index contributed by atoms with van der Waals surface area (Å²) in [5.41, 5.74) is 1.77. The second-order valence-corrected chi connectivity index (χ2v) is 9.06. The quantitative estimate of drug-likeness (QED) is 0.367. The Bertz CT molecular complexity index is 993. The Kier molecular flexibility index (Phi) is 9.04. The Hall–Kier alpha value is -2.06. The highest BCUT2D eigenvalue weighted by molar-refractivity contribution is 7.87. The number of hydrogen-bond acceptors (Lipinski definition) is 8. The summed E-state index contributed by atoms with van der Waals surface area (Å²) < 4.78 is 89.7. The molecule has 34 heavy (non-hydrogen) atoms. The van der Waals surface area contributed by atoms with Crippen molar-refractivity contribution in [1.29, 1.82) is 0 Å². The van der Waals surface area contributed by atoms with Crippen LogP contribution in [0.3, 0.4) is 0 Å². The van der Waals surface area contributed by atoms with Crippen LogP contribution in [0.1, 0.15) is 11.1 Å². The Morgan fingerprint density at radius 3 is 2.03 bits per heavy atom. The smallest absolute Gasteiger partial charge is 0.369 e. The molecule has 0 amide bonds. The third-order valence-corrected chi connectivity index (χ3v) is 6.19. The molecule has 2 aromatic rings. The number of ether oxygens (including phenoxy) is 4. The van der Waals surface area contributed by atoms with Crippen LogP contribution < -0.4 is 5.73 Å². The van der Waals surface area contributed by atoms with E-state index in [9.17, 15) is 21.6 Å². The first-order valence-corrected chi connectivity index (χ1v) is 11.8. The van der Waals surface area contributed by atoms with Crippen LogP contribution in [-0.2, 0) is 46.5 Å². The highest BCUT2D eigenvalue weighted by Gasteiger charge is 2.56. The molecule has 0 radical (unpaired) electrons. The number of rotatable bonds is 11. The first-order chi connectivity index (χ1) is 16.2. The van der Waals surface area contributed by atoms with Gasteiger partial charge in [0.05, 0.1) is 19.3 Å². The van der Waals surface area contributed by atoms with Crippen LogP contribution in [0.4, 0.5) is 13.2 Å². The molecule has 5 atom stereocenters. The van der Waals surface area contributed by atoms with E-state index in [2.05, 4.69) is 4.18 Å². The average molecular weight is 506 g/mol. The van der Waals surface area contributed by atoms with Gasteiger partial charge in [0.25, 0.3) is 0 Å². The molecular formula is C22H26F3NO7S. The van der Waals surface area contributed by atoms with E-state index in [-0.39, 0.29) is 19.8 Å². The van der Waals surface area contributed by atoms with Crippen molar-refractivity contribution >= 4 is 10.1 Å². The molecule has 0 bridgehead atoms. The highest BCUT2D eigenvalue weighted by atomic mass is 32.2. The molecule has 1 heterocycles. The second-order valence-electron chi connectivity index (χ2n) is 7.50. The van der Waals surface area contributed by atoms with Crippen molar-refractivity contribution in [1.82, 2.24) is 0 Å². The Balaban J connectivity index is 1.85. The van der Waals surface area contributed by atoms with Crippen molar-refractivity contribution in [2.75, 3.05) is 13.7 Å². The predicted octanol–water partition coefficient (Wildman–Crippen LogP) is 2.72. The third kappa shape index (κ3) is 6.54. The van der Waals surface area contributed by atoms with Gasteiger partial charge >= 0.3 is 15.6 Å². The molecule has 0 saturated carbocycles. The second kappa shape index (κ2) is 11.6. The fraction of sp³-hybridized carbons (Fsp3) is 0.455. The van der Waals surface area contributed by atoms with E-state index in [0.29, 0.717) is 5.56 Å². The van der Waals surface area contributed by atoms with Crippen LogP contribution in [-0.4, -0.2) is 58.3 Å². The Morgan fingerprint density at radius 2 is 1.53 bits per heavy atom. The Labute approximate surface area is 195 Å². The zero-order valence-corrected chi connectivity index (χ0v) is 19.1. The van der Waals surface area contributed by atoms with Crippen LogP contribution in [0, 0.1) is 0 Å². The molecule has 1 saturated heterocycles. The van der Waals surface area contributed by atoms with E-state index >= 15 is 0 Å². The highest BCUT2D eigenvalue weighted by Crippen LogP contribution is 2.35. The number of alkyl halides is 3. The van der Waals surface area contributed by atoms with Crippen molar-refractivity contribution in [3.8, 4) is 0 Å². The molecule has 0 aliphatic carbocycles. The molecule has 2 aromatic carbocycles. The lowest BCUT2D eigenvalue weighted by Crippen LogP contribution is -2.47. The van der Waals surface area contributed by atoms with Crippen molar-refractivity contribution in [3.63, 3.8) is 0 Å². The van der Waals surface area contributed by atoms with Gasteiger partial charge in [0.15, 0.2) is 12.4 Å². The SMILES string of the molecule is COC1O[C@H]([C@H](CN)OCc2ccccc2)[C@H](OCc2ccccc2)[C@H]1OS(=O)(=O)C(F)(F)F. The summed E-state index contributed by atoms with van der Waals surface area (Å²) in [4.78, 5) is 0. The van der Waals surface area contributed by atoms with E-state index < -0.39 is 46.3 Å². The summed E-state index contributed by atoms with van der Waals surface area (Å²) in [7, 11) is -4.81. The van der Waals surface area contributed by atoms with Gasteiger partial charge in [-0.15, -0.1) is 0 Å². The van der Waals surface area contributed by atoms with Gasteiger partial charge in [-0.1, -0.05) is 60.7 Å². The lowest BCUT2D eigenvalue weighted by Gasteiger charge is -2.28. The molecule has 0 spiro atoms. The van der Waals surface area contributed by atoms with Gasteiger partial charge in [-0.3, -0.25) is 4.18 Å². The van der Waals surface area contributed by atoms with Crippen molar-refractivity contribution in [3.05, 3.63) is 71.8 Å². The lowest BCUT2D eigenvalue weighted by atomic mass is 10.1. The van der Waals surface area contributed by atoms with Gasteiger partial charge in [0.1, 0.15) is 12.2 Å². The number of halogens is 3. The third-order valence-electron chi connectivity index (χ3n) is 5.15. The zero-order chi connectivity index (χ0) is 24.8. The van der Waals surface area contributed by atoms with E-state index in [1.54, 1.807) is 30.3 Å². The van der Waals surface area contributed by atoms with Crippen LogP contribution in [0.25, 0.3) is 0 Å². The Morgan fingerprint density at radius 1 is 0.971 bits per heavy atom. The lowest BCUT2D eigenvalue weighted by molar-refractivity contribution is -0.169. The molecule has 1 fully saturated rings. The fourth-order valence-electron chi connectivity index (χ4n) is 3.47. The minimum absolute atomic E-state index is 0.0519. The molecule has 1 unspecified atom stereocenters. The minimum atomic E-state index is -5.96. The summed E-state index contributed by atoms with van der Waals surface area (Å²) in [6.07, 6.45) is -6.46. The summed E-state index contributed by atoms with van der Waals surface area (Å²) in [6, 6.07) is 17.9. The largest absolute Gasteiger partial charge is 0.523 e. The molecule has 2 N–H and O–H groups in total. The number of methoxy groups -OCH3 is 1. The minimum Gasteiger partial charge on any atom is -0.369 e. The number of nitrogens with two attached hydrogens (primary N) is 1. The zero-order valence-electron chi connectivity index (χ0n) is 18.3. The first kappa shape index (κ1) is 26.5. The summed E-state index contributed by atoms with van der Waals surface area (Å²) in [5, 5.41) is 0. The fourth-order valence-corrected chi connectivity index (χ4v) is 4.07. The summed E-state index contributed by atoms with van der Waals surface area (Å²) >= 11 is 0. The maximum Gasteiger partial charge on any atom is 0.523 e. The standard InChI is InChI=1S/C22H26F3NO7S/c1-29-21-20(33-34(27,28)22(23,24)25)19(31-14-16-10-6-3-7-11-16)18(32-21)17(12-26)30-13-15-8-4-2-5-9-15/h2-11,17-21H,12-14,26H2,1H3/t17-,18+,19-,20+,21?/m0/s1. The van der Waals surface area contributed by atoms with Crippen LogP contribution >= 0.6 is 0 Å². The molecule has 1 aliphatic heterocycles. The van der Waals surface area contributed by atoms with Crippen molar-refractivity contribution < 1.29 is 44.7 Å². The maximum atomic E-state index is 13.0. The summed E-state index contributed by atoms with van der Waals surface area (Å²) in [5.74, 6) is 0. The predicted molar refractivity (Wildman–Crippen MR) is 115 cm³/mol. The molecular weight excluding hydrogens is 479 g/mol. The van der Waals surface area contributed by atoms with Gasteiger partial charge in [-0.2, -0.15) is 21.6 Å². The van der Waals surface area contributed by atoms with E-state index in [1.165, 1.54) is 0 Å². The molecule has 1 aliphatic rings. The molecule has 0 aromatic heterocycles.